The average molecular weight is 279 g/mol. The third kappa shape index (κ3) is 2.20. The summed E-state index contributed by atoms with van der Waals surface area (Å²) in [6, 6.07) is 9.16. The molecule has 0 radical (unpaired) electrons. The van der Waals surface area contributed by atoms with Crippen LogP contribution in [0, 0.1) is 34.6 Å². The summed E-state index contributed by atoms with van der Waals surface area (Å²) in [7, 11) is 0. The first-order valence-electron chi connectivity index (χ1n) is 7.85. The minimum Gasteiger partial charge on any atom is -0.327 e. The van der Waals surface area contributed by atoms with Gasteiger partial charge in [-0.25, -0.2) is 0 Å². The molecule has 1 fully saturated rings. The highest BCUT2D eigenvalue weighted by Gasteiger charge is 2.36. The van der Waals surface area contributed by atoms with Gasteiger partial charge in [-0.15, -0.1) is 0 Å². The molecule has 2 aromatic rings. The second-order valence-electron chi connectivity index (χ2n) is 6.59. The van der Waals surface area contributed by atoms with Crippen molar-refractivity contribution in [2.24, 2.45) is 5.73 Å². The summed E-state index contributed by atoms with van der Waals surface area (Å²) in [6.45, 7) is 11.2. The molecule has 0 spiro atoms. The van der Waals surface area contributed by atoms with Crippen molar-refractivity contribution in [3.05, 3.63) is 57.6 Å². The van der Waals surface area contributed by atoms with Crippen molar-refractivity contribution in [3.63, 3.8) is 0 Å². The number of nitrogens with two attached hydrogens (primary N) is 1. The molecule has 3 rings (SSSR count). The van der Waals surface area contributed by atoms with E-state index in [4.69, 9.17) is 5.73 Å². The molecule has 1 aliphatic carbocycles. The maximum Gasteiger partial charge on any atom is 0.0115 e. The molecular weight excluding hydrogens is 254 g/mol. The maximum atomic E-state index is 6.11. The second kappa shape index (κ2) is 4.99. The summed E-state index contributed by atoms with van der Waals surface area (Å²) in [4.78, 5) is 0. The van der Waals surface area contributed by atoms with Crippen LogP contribution in [0.25, 0.3) is 11.1 Å². The predicted octanol–water partition coefficient (Wildman–Crippen LogP) is 4.71. The smallest absolute Gasteiger partial charge is 0.0115 e. The summed E-state index contributed by atoms with van der Waals surface area (Å²) in [5.41, 5.74) is 17.4. The van der Waals surface area contributed by atoms with E-state index in [1.54, 1.807) is 0 Å². The Morgan fingerprint density at radius 3 is 1.81 bits per heavy atom. The molecule has 0 bridgehead atoms. The summed E-state index contributed by atoms with van der Waals surface area (Å²) in [6.07, 6.45) is 1.12. The van der Waals surface area contributed by atoms with E-state index in [1.165, 1.54) is 44.5 Å². The molecule has 110 valence electrons. The Bertz CT molecular complexity index is 683. The number of hydrogen-bond donors (Lipinski definition) is 1. The van der Waals surface area contributed by atoms with Crippen LogP contribution in [0.4, 0.5) is 0 Å². The van der Waals surface area contributed by atoms with Crippen molar-refractivity contribution in [2.75, 3.05) is 0 Å². The molecule has 1 aliphatic rings. The first-order valence-corrected chi connectivity index (χ1v) is 7.85. The zero-order valence-corrected chi connectivity index (χ0v) is 13.7. The fraction of sp³-hybridized carbons (Fsp3) is 0.400. The minimum atomic E-state index is 0.347. The van der Waals surface area contributed by atoms with Gasteiger partial charge in [0.1, 0.15) is 0 Å². The molecule has 0 amide bonds. The molecular formula is C20H25N. The molecule has 1 heteroatoms. The molecule has 0 aliphatic heterocycles. The van der Waals surface area contributed by atoms with Crippen molar-refractivity contribution in [1.29, 1.82) is 0 Å². The third-order valence-electron chi connectivity index (χ3n) is 5.47. The van der Waals surface area contributed by atoms with Gasteiger partial charge in [-0.3, -0.25) is 0 Å². The van der Waals surface area contributed by atoms with Crippen LogP contribution in [0.1, 0.15) is 45.7 Å². The van der Waals surface area contributed by atoms with Gasteiger partial charge in [-0.1, -0.05) is 24.3 Å². The Kier molecular flexibility index (Phi) is 3.41. The van der Waals surface area contributed by atoms with Crippen LogP contribution in [0.3, 0.4) is 0 Å². The topological polar surface area (TPSA) is 26.0 Å². The highest BCUT2D eigenvalue weighted by molar-refractivity contribution is 5.78. The van der Waals surface area contributed by atoms with Gasteiger partial charge in [0.15, 0.2) is 0 Å². The number of hydrogen-bond acceptors (Lipinski definition) is 1. The molecule has 0 saturated heterocycles. The maximum absolute atomic E-state index is 6.11. The second-order valence-corrected chi connectivity index (χ2v) is 6.59. The van der Waals surface area contributed by atoms with E-state index in [1.807, 2.05) is 0 Å². The van der Waals surface area contributed by atoms with Gasteiger partial charge >= 0.3 is 0 Å². The van der Waals surface area contributed by atoms with Crippen LogP contribution in [0.15, 0.2) is 24.3 Å². The van der Waals surface area contributed by atoms with E-state index in [2.05, 4.69) is 58.9 Å². The van der Waals surface area contributed by atoms with Crippen LogP contribution in [-0.2, 0) is 0 Å². The molecule has 0 heterocycles. The van der Waals surface area contributed by atoms with Crippen LogP contribution >= 0.6 is 0 Å². The van der Waals surface area contributed by atoms with Crippen molar-refractivity contribution in [1.82, 2.24) is 0 Å². The third-order valence-corrected chi connectivity index (χ3v) is 5.47. The van der Waals surface area contributed by atoms with E-state index in [9.17, 15) is 0 Å². The monoisotopic (exact) mass is 279 g/mol. The van der Waals surface area contributed by atoms with Crippen LogP contribution in [-0.4, -0.2) is 6.04 Å². The molecule has 21 heavy (non-hydrogen) atoms. The van der Waals surface area contributed by atoms with E-state index in [-0.39, 0.29) is 0 Å². The Hall–Kier alpha value is -1.60. The highest BCUT2D eigenvalue weighted by Crippen LogP contribution is 2.45. The van der Waals surface area contributed by atoms with Gasteiger partial charge in [-0.2, -0.15) is 0 Å². The Balaban J connectivity index is 2.27. The quantitative estimate of drug-likeness (QED) is 0.846. The first kappa shape index (κ1) is 14.3. The van der Waals surface area contributed by atoms with Gasteiger partial charge in [0.25, 0.3) is 0 Å². The molecule has 1 nitrogen and oxygen atoms in total. The Labute approximate surface area is 128 Å². The van der Waals surface area contributed by atoms with Crippen molar-refractivity contribution in [2.45, 2.75) is 53.0 Å². The molecule has 2 unspecified atom stereocenters. The molecule has 0 aromatic heterocycles. The van der Waals surface area contributed by atoms with Gasteiger partial charge < -0.3 is 5.73 Å². The first-order chi connectivity index (χ1) is 9.93. The molecule has 2 atom stereocenters. The van der Waals surface area contributed by atoms with Crippen molar-refractivity contribution in [3.8, 4) is 11.1 Å². The molecule has 2 N–H and O–H groups in total. The predicted molar refractivity (Wildman–Crippen MR) is 90.9 cm³/mol. The zero-order chi connectivity index (χ0) is 15.3. The summed E-state index contributed by atoms with van der Waals surface area (Å²) in [5, 5.41) is 0. The fourth-order valence-electron chi connectivity index (χ4n) is 3.52. The SMILES string of the molecule is Cc1c(C)c(C)c(-c2ccccc2C2CC2N)c(C)c1C. The van der Waals surface area contributed by atoms with Crippen molar-refractivity contribution >= 4 is 0 Å². The number of benzene rings is 2. The lowest BCUT2D eigenvalue weighted by Gasteiger charge is -2.21. The largest absolute Gasteiger partial charge is 0.327 e. The standard InChI is InChI=1S/C20H25N/c1-11-12(2)14(4)20(15(5)13(11)3)17-9-7-6-8-16(17)18-10-19(18)21/h6-9,18-19H,10,21H2,1-5H3. The van der Waals surface area contributed by atoms with Gasteiger partial charge in [0.05, 0.1) is 0 Å². The minimum absolute atomic E-state index is 0.347. The zero-order valence-electron chi connectivity index (χ0n) is 13.7. The van der Waals surface area contributed by atoms with Crippen LogP contribution in [0.5, 0.6) is 0 Å². The summed E-state index contributed by atoms with van der Waals surface area (Å²) < 4.78 is 0. The summed E-state index contributed by atoms with van der Waals surface area (Å²) in [5.74, 6) is 0.543. The summed E-state index contributed by atoms with van der Waals surface area (Å²) >= 11 is 0. The molecule has 1 saturated carbocycles. The van der Waals surface area contributed by atoms with Crippen molar-refractivity contribution < 1.29 is 0 Å². The average Bonchev–Trinajstić information content (AvgIpc) is 3.21. The van der Waals surface area contributed by atoms with Gasteiger partial charge in [0, 0.05) is 12.0 Å². The number of rotatable bonds is 2. The lowest BCUT2D eigenvalue weighted by molar-refractivity contribution is 0.991. The molecule has 2 aromatic carbocycles. The lowest BCUT2D eigenvalue weighted by Crippen LogP contribution is -2.04. The van der Waals surface area contributed by atoms with E-state index in [0.29, 0.717) is 12.0 Å². The lowest BCUT2D eigenvalue weighted by atomic mass is 9.84. The van der Waals surface area contributed by atoms with Crippen LogP contribution < -0.4 is 5.73 Å². The normalized spacial score (nSPS) is 20.7. The Morgan fingerprint density at radius 1 is 0.810 bits per heavy atom. The van der Waals surface area contributed by atoms with E-state index >= 15 is 0 Å². The van der Waals surface area contributed by atoms with Crippen LogP contribution in [0.2, 0.25) is 0 Å². The van der Waals surface area contributed by atoms with Gasteiger partial charge in [0.2, 0.25) is 0 Å². The van der Waals surface area contributed by atoms with E-state index < -0.39 is 0 Å². The Morgan fingerprint density at radius 2 is 1.29 bits per heavy atom. The fourth-order valence-corrected chi connectivity index (χ4v) is 3.52. The van der Waals surface area contributed by atoms with Gasteiger partial charge in [-0.05, 0) is 85.5 Å². The van der Waals surface area contributed by atoms with E-state index in [0.717, 1.165) is 6.42 Å². The highest BCUT2D eigenvalue weighted by atomic mass is 14.7.